The van der Waals surface area contributed by atoms with Gasteiger partial charge in [0, 0.05) is 16.8 Å². The number of rotatable bonds is 6. The molecule has 6 heteroatoms. The third-order valence-electron chi connectivity index (χ3n) is 4.05. The van der Waals surface area contributed by atoms with Crippen LogP contribution in [0.4, 0.5) is 5.69 Å². The summed E-state index contributed by atoms with van der Waals surface area (Å²) in [7, 11) is 3.07. The molecule has 0 saturated heterocycles. The number of nitrogens with one attached hydrogen (secondary N) is 1. The topological polar surface area (TPSA) is 84.9 Å². The molecule has 2 rings (SSSR count). The van der Waals surface area contributed by atoms with Crippen LogP contribution in [0.15, 0.2) is 36.4 Å². The van der Waals surface area contributed by atoms with Crippen LogP contribution in [0, 0.1) is 6.92 Å². The Hall–Kier alpha value is -3.02. The second kappa shape index (κ2) is 7.70. The van der Waals surface area contributed by atoms with Crippen molar-refractivity contribution in [3.05, 3.63) is 53.1 Å². The summed E-state index contributed by atoms with van der Waals surface area (Å²) < 4.78 is 10.6. The molecule has 6 nitrogen and oxygen atoms in total. The molecule has 0 spiro atoms. The lowest BCUT2D eigenvalue weighted by atomic mass is 10.0. The SMILES string of the molecule is COc1cc(C(=O)Nc2ccc(C(C)C(=O)O)cc2)cc(OC)c1C. The van der Waals surface area contributed by atoms with Gasteiger partial charge >= 0.3 is 5.97 Å². The average Bonchev–Trinajstić information content (AvgIpc) is 2.61. The Labute approximate surface area is 146 Å². The van der Waals surface area contributed by atoms with E-state index in [4.69, 9.17) is 14.6 Å². The second-order valence-electron chi connectivity index (χ2n) is 5.64. The Morgan fingerprint density at radius 1 is 1.04 bits per heavy atom. The summed E-state index contributed by atoms with van der Waals surface area (Å²) in [6, 6.07) is 10.0. The molecule has 0 aliphatic heterocycles. The van der Waals surface area contributed by atoms with Gasteiger partial charge in [0.1, 0.15) is 11.5 Å². The zero-order valence-electron chi connectivity index (χ0n) is 14.6. The number of ether oxygens (including phenoxy) is 2. The largest absolute Gasteiger partial charge is 0.496 e. The number of carbonyl (C=O) groups is 2. The first-order valence-corrected chi connectivity index (χ1v) is 7.74. The summed E-state index contributed by atoms with van der Waals surface area (Å²) >= 11 is 0. The van der Waals surface area contributed by atoms with Gasteiger partial charge in [0.15, 0.2) is 0 Å². The van der Waals surface area contributed by atoms with Crippen molar-refractivity contribution in [1.29, 1.82) is 0 Å². The first-order chi connectivity index (χ1) is 11.9. The second-order valence-corrected chi connectivity index (χ2v) is 5.64. The molecule has 0 aliphatic carbocycles. The van der Waals surface area contributed by atoms with Crippen molar-refractivity contribution in [2.45, 2.75) is 19.8 Å². The van der Waals surface area contributed by atoms with Crippen LogP contribution in [0.5, 0.6) is 11.5 Å². The third-order valence-corrected chi connectivity index (χ3v) is 4.05. The fourth-order valence-corrected chi connectivity index (χ4v) is 2.42. The normalized spacial score (nSPS) is 11.5. The molecule has 1 amide bonds. The minimum absolute atomic E-state index is 0.310. The molecule has 0 fully saturated rings. The Bertz CT molecular complexity index is 758. The summed E-state index contributed by atoms with van der Waals surface area (Å²) in [5.74, 6) is -0.674. The molecule has 1 unspecified atom stereocenters. The maximum atomic E-state index is 12.5. The van der Waals surface area contributed by atoms with E-state index < -0.39 is 11.9 Å². The monoisotopic (exact) mass is 343 g/mol. The van der Waals surface area contributed by atoms with E-state index in [0.717, 1.165) is 5.56 Å². The van der Waals surface area contributed by atoms with Crippen molar-refractivity contribution >= 4 is 17.6 Å². The quantitative estimate of drug-likeness (QED) is 0.839. The molecule has 0 aromatic heterocycles. The van der Waals surface area contributed by atoms with E-state index >= 15 is 0 Å². The third kappa shape index (κ3) is 4.09. The molecular formula is C19H21NO5. The first-order valence-electron chi connectivity index (χ1n) is 7.74. The number of benzene rings is 2. The van der Waals surface area contributed by atoms with Crippen LogP contribution >= 0.6 is 0 Å². The van der Waals surface area contributed by atoms with Crippen molar-refractivity contribution in [3.63, 3.8) is 0 Å². The number of carboxylic acids is 1. The van der Waals surface area contributed by atoms with Gasteiger partial charge in [0.05, 0.1) is 20.1 Å². The van der Waals surface area contributed by atoms with Gasteiger partial charge in [-0.15, -0.1) is 0 Å². The zero-order valence-corrected chi connectivity index (χ0v) is 14.6. The van der Waals surface area contributed by atoms with Gasteiger partial charge < -0.3 is 19.9 Å². The molecule has 0 bridgehead atoms. The molecule has 2 N–H and O–H groups in total. The standard InChI is InChI=1S/C19H21NO5/c1-11(19(22)23)13-5-7-15(8-6-13)20-18(21)14-9-16(24-3)12(2)17(10-14)25-4/h5-11H,1-4H3,(H,20,21)(H,22,23). The highest BCUT2D eigenvalue weighted by Crippen LogP contribution is 2.30. The van der Waals surface area contributed by atoms with E-state index in [9.17, 15) is 9.59 Å². The fraction of sp³-hybridized carbons (Fsp3) is 0.263. The van der Waals surface area contributed by atoms with Gasteiger partial charge in [0.2, 0.25) is 0 Å². The number of carbonyl (C=O) groups excluding carboxylic acids is 1. The van der Waals surface area contributed by atoms with E-state index in [1.807, 2.05) is 6.92 Å². The molecule has 1 atom stereocenters. The van der Waals surface area contributed by atoms with Crippen LogP contribution in [0.2, 0.25) is 0 Å². The van der Waals surface area contributed by atoms with Crippen LogP contribution in [0.25, 0.3) is 0 Å². The predicted molar refractivity (Wildman–Crippen MR) is 94.7 cm³/mol. The minimum Gasteiger partial charge on any atom is -0.496 e. The number of carboxylic acid groups (broad SMARTS) is 1. The Morgan fingerprint density at radius 3 is 2.00 bits per heavy atom. The Morgan fingerprint density at radius 2 is 1.56 bits per heavy atom. The molecular weight excluding hydrogens is 322 g/mol. The lowest BCUT2D eigenvalue weighted by molar-refractivity contribution is -0.138. The van der Waals surface area contributed by atoms with Gasteiger partial charge in [-0.2, -0.15) is 0 Å². The van der Waals surface area contributed by atoms with Gasteiger partial charge in [-0.1, -0.05) is 12.1 Å². The van der Waals surface area contributed by atoms with Crippen molar-refractivity contribution in [3.8, 4) is 11.5 Å². The smallest absolute Gasteiger partial charge is 0.310 e. The van der Waals surface area contributed by atoms with Gasteiger partial charge in [-0.3, -0.25) is 9.59 Å². The van der Waals surface area contributed by atoms with E-state index in [1.165, 1.54) is 14.2 Å². The highest BCUT2D eigenvalue weighted by atomic mass is 16.5. The predicted octanol–water partition coefficient (Wildman–Crippen LogP) is 3.45. The number of methoxy groups -OCH3 is 2. The van der Waals surface area contributed by atoms with Crippen LogP contribution in [0.1, 0.15) is 34.3 Å². The van der Waals surface area contributed by atoms with Crippen molar-refractivity contribution in [1.82, 2.24) is 0 Å². The molecule has 2 aromatic rings. The number of aliphatic carboxylic acids is 1. The maximum absolute atomic E-state index is 12.5. The van der Waals surface area contributed by atoms with E-state index in [0.29, 0.717) is 28.3 Å². The minimum atomic E-state index is -0.893. The lowest BCUT2D eigenvalue weighted by Crippen LogP contribution is -2.13. The van der Waals surface area contributed by atoms with Gasteiger partial charge in [-0.05, 0) is 43.7 Å². The summed E-state index contributed by atoms with van der Waals surface area (Å²) in [6.07, 6.45) is 0. The van der Waals surface area contributed by atoms with E-state index in [-0.39, 0.29) is 5.91 Å². The van der Waals surface area contributed by atoms with E-state index in [1.54, 1.807) is 43.3 Å². The zero-order chi connectivity index (χ0) is 18.6. The van der Waals surface area contributed by atoms with Crippen molar-refractivity contribution < 1.29 is 24.2 Å². The van der Waals surface area contributed by atoms with Gasteiger partial charge in [-0.25, -0.2) is 0 Å². The average molecular weight is 343 g/mol. The summed E-state index contributed by atoms with van der Waals surface area (Å²) in [5.41, 5.74) is 2.46. The molecule has 132 valence electrons. The highest BCUT2D eigenvalue weighted by molar-refractivity contribution is 6.05. The summed E-state index contributed by atoms with van der Waals surface area (Å²) in [4.78, 5) is 23.5. The lowest BCUT2D eigenvalue weighted by Gasteiger charge is -2.13. The molecule has 0 aliphatic rings. The Kier molecular flexibility index (Phi) is 5.64. The molecule has 0 radical (unpaired) electrons. The van der Waals surface area contributed by atoms with Crippen LogP contribution in [-0.2, 0) is 4.79 Å². The first kappa shape index (κ1) is 18.3. The molecule has 0 saturated carbocycles. The van der Waals surface area contributed by atoms with Gasteiger partial charge in [0.25, 0.3) is 5.91 Å². The van der Waals surface area contributed by atoms with Crippen molar-refractivity contribution in [2.24, 2.45) is 0 Å². The van der Waals surface area contributed by atoms with Crippen LogP contribution in [-0.4, -0.2) is 31.2 Å². The number of amides is 1. The highest BCUT2D eigenvalue weighted by Gasteiger charge is 2.15. The Balaban J connectivity index is 2.21. The van der Waals surface area contributed by atoms with E-state index in [2.05, 4.69) is 5.32 Å². The number of hydrogen-bond donors (Lipinski definition) is 2. The van der Waals surface area contributed by atoms with Crippen molar-refractivity contribution in [2.75, 3.05) is 19.5 Å². The number of anilines is 1. The van der Waals surface area contributed by atoms with Crippen LogP contribution in [0.3, 0.4) is 0 Å². The van der Waals surface area contributed by atoms with Crippen LogP contribution < -0.4 is 14.8 Å². The summed E-state index contributed by atoms with van der Waals surface area (Å²) in [5, 5.41) is 11.8. The summed E-state index contributed by atoms with van der Waals surface area (Å²) in [6.45, 7) is 3.46. The fourth-order valence-electron chi connectivity index (χ4n) is 2.42. The molecule has 2 aromatic carbocycles. The number of hydrogen-bond acceptors (Lipinski definition) is 4. The maximum Gasteiger partial charge on any atom is 0.310 e. The molecule has 25 heavy (non-hydrogen) atoms. The molecule has 0 heterocycles.